The van der Waals surface area contributed by atoms with E-state index in [-0.39, 0.29) is 6.04 Å². The number of ether oxygens (including phenoxy) is 1. The second-order valence-electron chi connectivity index (χ2n) is 5.23. The Kier molecular flexibility index (Phi) is 4.25. The monoisotopic (exact) mass is 288 g/mol. The van der Waals surface area contributed by atoms with Crippen LogP contribution in [0.15, 0.2) is 18.2 Å². The van der Waals surface area contributed by atoms with Gasteiger partial charge in [-0.1, -0.05) is 6.07 Å². The molecule has 0 spiro atoms. The van der Waals surface area contributed by atoms with Gasteiger partial charge in [-0.25, -0.2) is 0 Å². The highest BCUT2D eigenvalue weighted by atomic mass is 19.4. The standard InChI is InChI=1S/C14H19F3N2O/c1-19(8-14(15,16)17)12-6-3-9-7-10(20-2)4-5-11(9)13(12)18/h4-5,7,12-13H,3,6,8,18H2,1-2H3. The third kappa shape index (κ3) is 3.24. The Morgan fingerprint density at radius 1 is 1.40 bits per heavy atom. The number of fused-ring (bicyclic) bond motifs is 1. The number of rotatable bonds is 3. The first kappa shape index (κ1) is 15.1. The van der Waals surface area contributed by atoms with E-state index in [2.05, 4.69) is 0 Å². The summed E-state index contributed by atoms with van der Waals surface area (Å²) in [6.07, 6.45) is -2.87. The van der Waals surface area contributed by atoms with Crippen LogP contribution in [0.3, 0.4) is 0 Å². The van der Waals surface area contributed by atoms with Crippen molar-refractivity contribution in [1.82, 2.24) is 4.90 Å². The zero-order valence-corrected chi connectivity index (χ0v) is 11.6. The maximum Gasteiger partial charge on any atom is 0.401 e. The molecule has 0 bridgehead atoms. The molecule has 6 heteroatoms. The van der Waals surface area contributed by atoms with Crippen molar-refractivity contribution in [2.45, 2.75) is 31.1 Å². The zero-order chi connectivity index (χ0) is 14.9. The zero-order valence-electron chi connectivity index (χ0n) is 11.6. The minimum Gasteiger partial charge on any atom is -0.497 e. The van der Waals surface area contributed by atoms with Gasteiger partial charge in [-0.2, -0.15) is 13.2 Å². The van der Waals surface area contributed by atoms with Gasteiger partial charge < -0.3 is 10.5 Å². The molecule has 0 heterocycles. The van der Waals surface area contributed by atoms with E-state index in [1.54, 1.807) is 13.2 Å². The highest BCUT2D eigenvalue weighted by molar-refractivity contribution is 5.40. The van der Waals surface area contributed by atoms with Crippen LogP contribution in [-0.4, -0.2) is 37.8 Å². The van der Waals surface area contributed by atoms with Crippen LogP contribution in [0.25, 0.3) is 0 Å². The Bertz CT molecular complexity index is 476. The average molecular weight is 288 g/mol. The van der Waals surface area contributed by atoms with Crippen molar-refractivity contribution in [1.29, 1.82) is 0 Å². The molecule has 2 rings (SSSR count). The Morgan fingerprint density at radius 2 is 2.10 bits per heavy atom. The van der Waals surface area contributed by atoms with Crippen molar-refractivity contribution in [3.8, 4) is 5.75 Å². The molecule has 20 heavy (non-hydrogen) atoms. The number of methoxy groups -OCH3 is 1. The lowest BCUT2D eigenvalue weighted by molar-refractivity contribution is -0.148. The van der Waals surface area contributed by atoms with E-state index in [1.165, 1.54) is 11.9 Å². The van der Waals surface area contributed by atoms with Crippen LogP contribution in [-0.2, 0) is 6.42 Å². The van der Waals surface area contributed by atoms with Crippen LogP contribution < -0.4 is 10.5 Å². The summed E-state index contributed by atoms with van der Waals surface area (Å²) < 4.78 is 42.6. The van der Waals surface area contributed by atoms with Gasteiger partial charge in [0, 0.05) is 12.1 Å². The maximum absolute atomic E-state index is 12.5. The van der Waals surface area contributed by atoms with Gasteiger partial charge in [0.15, 0.2) is 0 Å². The van der Waals surface area contributed by atoms with E-state index in [4.69, 9.17) is 10.5 Å². The van der Waals surface area contributed by atoms with Crippen molar-refractivity contribution < 1.29 is 17.9 Å². The van der Waals surface area contributed by atoms with E-state index in [0.717, 1.165) is 16.9 Å². The Morgan fingerprint density at radius 3 is 2.70 bits per heavy atom. The van der Waals surface area contributed by atoms with Gasteiger partial charge in [0.25, 0.3) is 0 Å². The van der Waals surface area contributed by atoms with Crippen LogP contribution in [0.5, 0.6) is 5.75 Å². The van der Waals surface area contributed by atoms with Crippen molar-refractivity contribution in [2.75, 3.05) is 20.7 Å². The molecule has 0 aromatic heterocycles. The molecule has 0 aliphatic heterocycles. The SMILES string of the molecule is COc1ccc2c(c1)CCC(N(C)CC(F)(F)F)C2N. The molecule has 1 aliphatic carbocycles. The molecule has 1 aliphatic rings. The molecular weight excluding hydrogens is 269 g/mol. The number of alkyl halides is 3. The molecule has 2 unspecified atom stereocenters. The van der Waals surface area contributed by atoms with E-state index in [1.807, 2.05) is 12.1 Å². The third-order valence-electron chi connectivity index (χ3n) is 3.83. The molecule has 0 fully saturated rings. The summed E-state index contributed by atoms with van der Waals surface area (Å²) in [7, 11) is 3.07. The Balaban J connectivity index is 2.17. The molecule has 1 aromatic rings. The van der Waals surface area contributed by atoms with Crippen LogP contribution in [0.1, 0.15) is 23.6 Å². The van der Waals surface area contributed by atoms with Gasteiger partial charge >= 0.3 is 6.18 Å². The summed E-state index contributed by atoms with van der Waals surface area (Å²) in [5.74, 6) is 0.748. The average Bonchev–Trinajstić information content (AvgIpc) is 2.36. The number of hydrogen-bond acceptors (Lipinski definition) is 3. The van der Waals surface area contributed by atoms with Gasteiger partial charge in [-0.05, 0) is 43.1 Å². The van der Waals surface area contributed by atoms with E-state index in [9.17, 15) is 13.2 Å². The quantitative estimate of drug-likeness (QED) is 0.928. The van der Waals surface area contributed by atoms with Crippen LogP contribution in [0, 0.1) is 0 Å². The normalized spacial score (nSPS) is 22.8. The molecule has 2 N–H and O–H groups in total. The van der Waals surface area contributed by atoms with Crippen LogP contribution in [0.4, 0.5) is 13.2 Å². The highest BCUT2D eigenvalue weighted by Gasteiger charge is 2.36. The first-order chi connectivity index (χ1) is 9.31. The summed E-state index contributed by atoms with van der Waals surface area (Å²) in [6, 6.07) is 4.86. The first-order valence-corrected chi connectivity index (χ1v) is 6.51. The second-order valence-corrected chi connectivity index (χ2v) is 5.23. The molecule has 0 saturated carbocycles. The lowest BCUT2D eigenvalue weighted by atomic mass is 9.83. The summed E-state index contributed by atoms with van der Waals surface area (Å²) in [4.78, 5) is 1.30. The van der Waals surface area contributed by atoms with Gasteiger partial charge in [0.1, 0.15) is 5.75 Å². The number of nitrogens with two attached hydrogens (primary N) is 1. The van der Waals surface area contributed by atoms with Gasteiger partial charge in [0.05, 0.1) is 13.7 Å². The fourth-order valence-electron chi connectivity index (χ4n) is 2.84. The number of likely N-dealkylation sites (N-methyl/N-ethyl adjacent to an activating group) is 1. The first-order valence-electron chi connectivity index (χ1n) is 6.51. The maximum atomic E-state index is 12.5. The lowest BCUT2D eigenvalue weighted by Gasteiger charge is -2.37. The van der Waals surface area contributed by atoms with Gasteiger partial charge in [-0.3, -0.25) is 4.90 Å². The molecule has 0 radical (unpaired) electrons. The number of hydrogen-bond donors (Lipinski definition) is 1. The van der Waals surface area contributed by atoms with Crippen molar-refractivity contribution in [3.63, 3.8) is 0 Å². The molecule has 0 saturated heterocycles. The van der Waals surface area contributed by atoms with Crippen LogP contribution in [0.2, 0.25) is 0 Å². The number of nitrogens with zero attached hydrogens (tertiary/aromatic N) is 1. The summed E-state index contributed by atoms with van der Waals surface area (Å²) in [5.41, 5.74) is 8.13. The third-order valence-corrected chi connectivity index (χ3v) is 3.83. The van der Waals surface area contributed by atoms with E-state index < -0.39 is 18.8 Å². The predicted molar refractivity (Wildman–Crippen MR) is 70.7 cm³/mol. The summed E-state index contributed by atoms with van der Waals surface area (Å²) >= 11 is 0. The molecule has 112 valence electrons. The molecule has 0 amide bonds. The van der Waals surface area contributed by atoms with Gasteiger partial charge in [-0.15, -0.1) is 0 Å². The number of aryl methyl sites for hydroxylation is 1. The lowest BCUT2D eigenvalue weighted by Crippen LogP contribution is -2.46. The summed E-state index contributed by atoms with van der Waals surface area (Å²) in [6.45, 7) is -0.934. The Hall–Kier alpha value is -1.27. The van der Waals surface area contributed by atoms with Gasteiger partial charge in [0.2, 0.25) is 0 Å². The fourth-order valence-corrected chi connectivity index (χ4v) is 2.84. The largest absolute Gasteiger partial charge is 0.497 e. The minimum absolute atomic E-state index is 0.294. The van der Waals surface area contributed by atoms with Crippen molar-refractivity contribution >= 4 is 0 Å². The molecule has 2 atom stereocenters. The smallest absolute Gasteiger partial charge is 0.401 e. The van der Waals surface area contributed by atoms with Crippen molar-refractivity contribution in [3.05, 3.63) is 29.3 Å². The predicted octanol–water partition coefficient (Wildman–Crippen LogP) is 2.50. The van der Waals surface area contributed by atoms with E-state index >= 15 is 0 Å². The topological polar surface area (TPSA) is 38.5 Å². The van der Waals surface area contributed by atoms with E-state index in [0.29, 0.717) is 12.8 Å². The molecular formula is C14H19F3N2O. The minimum atomic E-state index is -4.20. The summed E-state index contributed by atoms with van der Waals surface area (Å²) in [5, 5.41) is 0. The highest BCUT2D eigenvalue weighted by Crippen LogP contribution is 2.34. The van der Waals surface area contributed by atoms with Crippen molar-refractivity contribution in [2.24, 2.45) is 5.73 Å². The molecule has 1 aromatic carbocycles. The number of benzene rings is 1. The number of halogens is 3. The Labute approximate surface area is 116 Å². The van der Waals surface area contributed by atoms with Crippen LogP contribution >= 0.6 is 0 Å². The fraction of sp³-hybridized carbons (Fsp3) is 0.571. The molecule has 3 nitrogen and oxygen atoms in total. The second kappa shape index (κ2) is 5.61.